The van der Waals surface area contributed by atoms with Crippen LogP contribution in [0.2, 0.25) is 0 Å². The minimum Gasteiger partial charge on any atom is -0.457 e. The highest BCUT2D eigenvalue weighted by molar-refractivity contribution is 5.92. The summed E-state index contributed by atoms with van der Waals surface area (Å²) in [6.45, 7) is 2.44. The molecule has 3 aromatic rings. The van der Waals surface area contributed by atoms with Crippen LogP contribution in [0.1, 0.15) is 11.3 Å². The number of nitrogens with zero attached hydrogens (tertiary/aromatic N) is 2. The standard InChI is InChI=1S/C20H20N4O/c1-15-7-6-12-22-19(15)14-23-20(21)24-16-8-5-11-18(13-16)25-17-9-3-2-4-10-17/h2-13H,14H2,1H3,(H3,21,23,24). The number of nitrogens with two attached hydrogens (primary N) is 1. The molecule has 0 aliphatic rings. The van der Waals surface area contributed by atoms with Crippen LogP contribution >= 0.6 is 0 Å². The lowest BCUT2D eigenvalue weighted by atomic mass is 10.2. The Kier molecular flexibility index (Phi) is 5.26. The summed E-state index contributed by atoms with van der Waals surface area (Å²) in [4.78, 5) is 8.65. The van der Waals surface area contributed by atoms with Gasteiger partial charge in [-0.1, -0.05) is 30.3 Å². The topological polar surface area (TPSA) is 72.5 Å². The molecule has 0 aliphatic heterocycles. The van der Waals surface area contributed by atoms with Crippen molar-refractivity contribution in [3.8, 4) is 11.5 Å². The maximum atomic E-state index is 5.98. The van der Waals surface area contributed by atoms with Crippen molar-refractivity contribution in [2.45, 2.75) is 13.5 Å². The lowest BCUT2D eigenvalue weighted by Gasteiger charge is -2.09. The van der Waals surface area contributed by atoms with Crippen molar-refractivity contribution < 1.29 is 4.74 Å². The second-order valence-electron chi connectivity index (χ2n) is 5.54. The Morgan fingerprint density at radius 1 is 1.04 bits per heavy atom. The quantitative estimate of drug-likeness (QED) is 0.545. The van der Waals surface area contributed by atoms with Crippen molar-refractivity contribution in [1.82, 2.24) is 4.98 Å². The SMILES string of the molecule is Cc1cccnc1CN=C(N)Nc1cccc(Oc2ccccc2)c1. The molecule has 0 fully saturated rings. The van der Waals surface area contributed by atoms with Crippen molar-refractivity contribution >= 4 is 11.6 Å². The van der Waals surface area contributed by atoms with Gasteiger partial charge in [0.05, 0.1) is 12.2 Å². The first-order chi connectivity index (χ1) is 12.2. The molecule has 5 nitrogen and oxygen atoms in total. The predicted octanol–water partition coefficient (Wildman–Crippen LogP) is 4.11. The zero-order valence-electron chi connectivity index (χ0n) is 14.0. The zero-order chi connectivity index (χ0) is 17.5. The predicted molar refractivity (Wildman–Crippen MR) is 101 cm³/mol. The molecular weight excluding hydrogens is 312 g/mol. The van der Waals surface area contributed by atoms with E-state index in [1.807, 2.05) is 73.7 Å². The smallest absolute Gasteiger partial charge is 0.193 e. The van der Waals surface area contributed by atoms with Gasteiger partial charge < -0.3 is 15.8 Å². The highest BCUT2D eigenvalue weighted by atomic mass is 16.5. The normalized spacial score (nSPS) is 11.2. The van der Waals surface area contributed by atoms with E-state index >= 15 is 0 Å². The Balaban J connectivity index is 1.65. The third kappa shape index (κ3) is 4.81. The second kappa shape index (κ2) is 7.97. The molecule has 0 unspecified atom stereocenters. The summed E-state index contributed by atoms with van der Waals surface area (Å²) in [5, 5.41) is 3.08. The number of hydrogen-bond acceptors (Lipinski definition) is 3. The number of benzene rings is 2. The van der Waals surface area contributed by atoms with Gasteiger partial charge in [0.15, 0.2) is 5.96 Å². The van der Waals surface area contributed by atoms with Crippen LogP contribution < -0.4 is 15.8 Å². The number of nitrogens with one attached hydrogen (secondary N) is 1. The zero-order valence-corrected chi connectivity index (χ0v) is 14.0. The van der Waals surface area contributed by atoms with Crippen molar-refractivity contribution in [2.75, 3.05) is 5.32 Å². The first-order valence-corrected chi connectivity index (χ1v) is 8.01. The number of aromatic nitrogens is 1. The fraction of sp³-hybridized carbons (Fsp3) is 0.100. The van der Waals surface area contributed by atoms with Gasteiger partial charge in [0.1, 0.15) is 11.5 Å². The van der Waals surface area contributed by atoms with E-state index in [1.165, 1.54) is 0 Å². The van der Waals surface area contributed by atoms with Crippen molar-refractivity contribution in [3.63, 3.8) is 0 Å². The van der Waals surface area contributed by atoms with Crippen molar-refractivity contribution in [1.29, 1.82) is 0 Å². The van der Waals surface area contributed by atoms with Gasteiger partial charge >= 0.3 is 0 Å². The van der Waals surface area contributed by atoms with E-state index in [0.29, 0.717) is 12.5 Å². The van der Waals surface area contributed by atoms with Crippen LogP contribution in [-0.4, -0.2) is 10.9 Å². The Labute approximate surface area is 147 Å². The van der Waals surface area contributed by atoms with E-state index in [0.717, 1.165) is 28.4 Å². The molecule has 0 aliphatic carbocycles. The lowest BCUT2D eigenvalue weighted by Crippen LogP contribution is -2.22. The number of rotatable bonds is 5. The van der Waals surface area contributed by atoms with Crippen molar-refractivity contribution in [2.24, 2.45) is 10.7 Å². The minimum absolute atomic E-state index is 0.335. The van der Waals surface area contributed by atoms with Gasteiger partial charge in [-0.05, 0) is 42.8 Å². The Morgan fingerprint density at radius 3 is 2.64 bits per heavy atom. The van der Waals surface area contributed by atoms with E-state index in [-0.39, 0.29) is 0 Å². The average molecular weight is 332 g/mol. The highest BCUT2D eigenvalue weighted by Gasteiger charge is 2.01. The molecule has 5 heteroatoms. The molecule has 0 bridgehead atoms. The van der Waals surface area contributed by atoms with Crippen LogP contribution in [0.25, 0.3) is 0 Å². The maximum absolute atomic E-state index is 5.98. The average Bonchev–Trinajstić information content (AvgIpc) is 2.62. The monoisotopic (exact) mass is 332 g/mol. The number of ether oxygens (including phenoxy) is 1. The second-order valence-corrected chi connectivity index (χ2v) is 5.54. The fourth-order valence-corrected chi connectivity index (χ4v) is 2.29. The number of aliphatic imine (C=N–C) groups is 1. The minimum atomic E-state index is 0.335. The van der Waals surface area contributed by atoms with Gasteiger partial charge in [-0.25, -0.2) is 4.99 Å². The number of anilines is 1. The first kappa shape index (κ1) is 16.5. The number of hydrogen-bond donors (Lipinski definition) is 2. The Hall–Kier alpha value is -3.34. The third-order valence-electron chi connectivity index (χ3n) is 3.60. The van der Waals surface area contributed by atoms with Gasteiger partial charge in [0, 0.05) is 18.0 Å². The molecule has 1 heterocycles. The molecule has 1 aromatic heterocycles. The molecule has 0 amide bonds. The van der Waals surface area contributed by atoms with Gasteiger partial charge in [0.25, 0.3) is 0 Å². The number of para-hydroxylation sites is 1. The third-order valence-corrected chi connectivity index (χ3v) is 3.60. The lowest BCUT2D eigenvalue weighted by molar-refractivity contribution is 0.483. The molecule has 3 rings (SSSR count). The molecule has 25 heavy (non-hydrogen) atoms. The molecule has 3 N–H and O–H groups in total. The van der Waals surface area contributed by atoms with Gasteiger partial charge in [0.2, 0.25) is 0 Å². The number of aryl methyl sites for hydroxylation is 1. The number of pyridine rings is 1. The summed E-state index contributed by atoms with van der Waals surface area (Å²) in [5.74, 6) is 1.85. The van der Waals surface area contributed by atoms with Crippen LogP contribution in [0.4, 0.5) is 5.69 Å². The molecule has 0 spiro atoms. The van der Waals surface area contributed by atoms with E-state index in [9.17, 15) is 0 Å². The van der Waals surface area contributed by atoms with Crippen LogP contribution in [0.5, 0.6) is 11.5 Å². The molecule has 2 aromatic carbocycles. The van der Waals surface area contributed by atoms with E-state index < -0.39 is 0 Å². The van der Waals surface area contributed by atoms with Crippen LogP contribution in [0, 0.1) is 6.92 Å². The summed E-state index contributed by atoms with van der Waals surface area (Å²) >= 11 is 0. The molecule has 126 valence electrons. The fourth-order valence-electron chi connectivity index (χ4n) is 2.29. The van der Waals surface area contributed by atoms with Gasteiger partial charge in [-0.3, -0.25) is 4.98 Å². The molecule has 0 saturated heterocycles. The summed E-state index contributed by atoms with van der Waals surface area (Å²) in [5.41, 5.74) is 8.79. The van der Waals surface area contributed by atoms with Crippen LogP contribution in [0.15, 0.2) is 77.9 Å². The van der Waals surface area contributed by atoms with Crippen LogP contribution in [0.3, 0.4) is 0 Å². The Bertz CT molecular complexity index is 862. The Morgan fingerprint density at radius 2 is 1.84 bits per heavy atom. The van der Waals surface area contributed by atoms with Gasteiger partial charge in [-0.15, -0.1) is 0 Å². The largest absolute Gasteiger partial charge is 0.457 e. The molecular formula is C20H20N4O. The summed E-state index contributed by atoms with van der Waals surface area (Å²) < 4.78 is 5.81. The maximum Gasteiger partial charge on any atom is 0.193 e. The highest BCUT2D eigenvalue weighted by Crippen LogP contribution is 2.23. The summed E-state index contributed by atoms with van der Waals surface area (Å²) in [6.07, 6.45) is 1.76. The van der Waals surface area contributed by atoms with E-state index in [4.69, 9.17) is 10.5 Å². The first-order valence-electron chi connectivity index (χ1n) is 8.01. The molecule has 0 radical (unpaired) electrons. The van der Waals surface area contributed by atoms with Crippen molar-refractivity contribution in [3.05, 3.63) is 84.2 Å². The summed E-state index contributed by atoms with van der Waals surface area (Å²) in [7, 11) is 0. The van der Waals surface area contributed by atoms with E-state index in [2.05, 4.69) is 15.3 Å². The number of guanidine groups is 1. The van der Waals surface area contributed by atoms with Gasteiger partial charge in [-0.2, -0.15) is 0 Å². The molecule has 0 atom stereocenters. The summed E-state index contributed by atoms with van der Waals surface area (Å²) in [6, 6.07) is 21.1. The molecule has 0 saturated carbocycles. The van der Waals surface area contributed by atoms with E-state index in [1.54, 1.807) is 6.20 Å². The van der Waals surface area contributed by atoms with Crippen LogP contribution in [-0.2, 0) is 6.54 Å².